The zero-order chi connectivity index (χ0) is 16.1. The van der Waals surface area contributed by atoms with E-state index < -0.39 is 0 Å². The Kier molecular flexibility index (Phi) is 3.39. The van der Waals surface area contributed by atoms with Gasteiger partial charge in [0.2, 0.25) is 0 Å². The summed E-state index contributed by atoms with van der Waals surface area (Å²) in [7, 11) is 2.16. The molecule has 0 aliphatic carbocycles. The molecule has 3 aromatic rings. The summed E-state index contributed by atoms with van der Waals surface area (Å²) in [5.41, 5.74) is 1.40. The SMILES string of the molecule is CN1CCc2c(sc3c2c(NC[C@H]2CCCO2)nc2nnnn23)C1. The van der Waals surface area contributed by atoms with Gasteiger partial charge in [0.05, 0.1) is 11.5 Å². The van der Waals surface area contributed by atoms with Gasteiger partial charge >= 0.3 is 0 Å². The van der Waals surface area contributed by atoms with E-state index in [1.165, 1.54) is 15.8 Å². The van der Waals surface area contributed by atoms with E-state index in [2.05, 4.69) is 37.8 Å². The van der Waals surface area contributed by atoms with Gasteiger partial charge in [-0.25, -0.2) is 0 Å². The number of aromatic nitrogens is 5. The Labute approximate surface area is 142 Å². The van der Waals surface area contributed by atoms with E-state index in [9.17, 15) is 0 Å². The quantitative estimate of drug-likeness (QED) is 0.766. The van der Waals surface area contributed by atoms with Crippen molar-refractivity contribution in [3.05, 3.63) is 10.4 Å². The second-order valence-corrected chi connectivity index (χ2v) is 7.62. The van der Waals surface area contributed by atoms with Crippen LogP contribution >= 0.6 is 11.3 Å². The van der Waals surface area contributed by atoms with Crippen LogP contribution in [-0.2, 0) is 17.7 Å². The molecule has 1 N–H and O–H groups in total. The van der Waals surface area contributed by atoms with E-state index in [0.29, 0.717) is 5.78 Å². The molecule has 2 aliphatic heterocycles. The van der Waals surface area contributed by atoms with Crippen LogP contribution in [0.15, 0.2) is 0 Å². The van der Waals surface area contributed by atoms with Crippen LogP contribution in [0.1, 0.15) is 23.3 Å². The molecule has 0 unspecified atom stereocenters. The van der Waals surface area contributed by atoms with Crippen LogP contribution in [0.4, 0.5) is 5.82 Å². The van der Waals surface area contributed by atoms with Crippen molar-refractivity contribution in [2.45, 2.75) is 31.9 Å². The minimum atomic E-state index is 0.273. The average Bonchev–Trinajstić information content (AvgIpc) is 3.30. The lowest BCUT2D eigenvalue weighted by Crippen LogP contribution is -2.25. The molecule has 24 heavy (non-hydrogen) atoms. The Morgan fingerprint density at radius 3 is 3.25 bits per heavy atom. The number of anilines is 1. The summed E-state index contributed by atoms with van der Waals surface area (Å²) in [6.07, 6.45) is 3.56. The van der Waals surface area contributed by atoms with E-state index in [1.807, 2.05) is 0 Å². The van der Waals surface area contributed by atoms with E-state index >= 15 is 0 Å². The number of rotatable bonds is 3. The van der Waals surface area contributed by atoms with Crippen LogP contribution in [0.3, 0.4) is 0 Å². The third-order valence-electron chi connectivity index (χ3n) is 4.84. The number of thiophene rings is 1. The third-order valence-corrected chi connectivity index (χ3v) is 6.04. The number of ether oxygens (including phenoxy) is 1. The number of fused-ring (bicyclic) bond motifs is 5. The second kappa shape index (κ2) is 5.61. The number of likely N-dealkylation sites (N-methyl/N-ethyl adjacent to an activating group) is 1. The van der Waals surface area contributed by atoms with Gasteiger partial charge in [-0.2, -0.15) is 9.50 Å². The fourth-order valence-electron chi connectivity index (χ4n) is 3.59. The summed E-state index contributed by atoms with van der Waals surface area (Å²) in [5, 5.41) is 16.7. The normalized spacial score (nSPS) is 21.6. The first-order valence-electron chi connectivity index (χ1n) is 8.36. The first-order valence-corrected chi connectivity index (χ1v) is 9.17. The highest BCUT2D eigenvalue weighted by atomic mass is 32.1. The largest absolute Gasteiger partial charge is 0.376 e. The van der Waals surface area contributed by atoms with Crippen LogP contribution in [0.5, 0.6) is 0 Å². The molecular formula is C15H19N7OS. The first-order chi connectivity index (χ1) is 11.8. The monoisotopic (exact) mass is 345 g/mol. The topological polar surface area (TPSA) is 80.5 Å². The number of tetrazole rings is 1. The van der Waals surface area contributed by atoms with Crippen molar-refractivity contribution in [2.24, 2.45) is 0 Å². The molecule has 0 aromatic carbocycles. The lowest BCUT2D eigenvalue weighted by molar-refractivity contribution is 0.120. The van der Waals surface area contributed by atoms with Crippen molar-refractivity contribution in [3.63, 3.8) is 0 Å². The number of hydrogen-bond acceptors (Lipinski definition) is 8. The summed E-state index contributed by atoms with van der Waals surface area (Å²) in [6.45, 7) is 3.69. The molecule has 8 nitrogen and oxygen atoms in total. The maximum absolute atomic E-state index is 5.73. The molecule has 5 heterocycles. The molecular weight excluding hydrogens is 326 g/mol. The van der Waals surface area contributed by atoms with Crippen molar-refractivity contribution in [1.29, 1.82) is 0 Å². The number of nitrogens with zero attached hydrogens (tertiary/aromatic N) is 6. The highest BCUT2D eigenvalue weighted by Crippen LogP contribution is 2.38. The van der Waals surface area contributed by atoms with Gasteiger partial charge in [0.15, 0.2) is 0 Å². The third kappa shape index (κ3) is 2.27. The van der Waals surface area contributed by atoms with Crippen molar-refractivity contribution in [3.8, 4) is 0 Å². The van der Waals surface area contributed by atoms with Gasteiger partial charge in [0, 0.05) is 31.1 Å². The van der Waals surface area contributed by atoms with E-state index in [1.54, 1.807) is 15.9 Å². The highest BCUT2D eigenvalue weighted by Gasteiger charge is 2.25. The van der Waals surface area contributed by atoms with Gasteiger partial charge in [-0.05, 0) is 42.3 Å². The summed E-state index contributed by atoms with van der Waals surface area (Å²) in [6, 6.07) is 0. The molecule has 0 bridgehead atoms. The molecule has 126 valence electrons. The minimum absolute atomic E-state index is 0.273. The summed E-state index contributed by atoms with van der Waals surface area (Å²) < 4.78 is 7.49. The molecule has 1 atom stereocenters. The van der Waals surface area contributed by atoms with Crippen LogP contribution in [0.2, 0.25) is 0 Å². The van der Waals surface area contributed by atoms with Gasteiger partial charge in [0.1, 0.15) is 10.6 Å². The minimum Gasteiger partial charge on any atom is -0.376 e. The fraction of sp³-hybridized carbons (Fsp3) is 0.600. The highest BCUT2D eigenvalue weighted by molar-refractivity contribution is 7.19. The lowest BCUT2D eigenvalue weighted by atomic mass is 10.1. The number of nitrogens with one attached hydrogen (secondary N) is 1. The predicted octanol–water partition coefficient (Wildman–Crippen LogP) is 1.31. The zero-order valence-electron chi connectivity index (χ0n) is 13.5. The Morgan fingerprint density at radius 2 is 2.38 bits per heavy atom. The summed E-state index contributed by atoms with van der Waals surface area (Å²) in [4.78, 5) is 9.50. The standard InChI is InChI=1S/C15H19N7OS/c1-21-5-4-10-11(8-21)24-14-12(10)13(16-7-9-3-2-6-23-9)17-15-18-19-20-22(14)15/h9H,2-8H2,1H3,(H,16,17,18,20)/t9-/m1/s1. The van der Waals surface area contributed by atoms with Gasteiger partial charge in [-0.15, -0.1) is 11.3 Å². The molecule has 1 saturated heterocycles. The van der Waals surface area contributed by atoms with Crippen molar-refractivity contribution in [1.82, 2.24) is 29.9 Å². The molecule has 0 saturated carbocycles. The molecule has 0 amide bonds. The molecule has 9 heteroatoms. The molecule has 5 rings (SSSR count). The molecule has 3 aromatic heterocycles. The Morgan fingerprint density at radius 1 is 1.42 bits per heavy atom. The van der Waals surface area contributed by atoms with Gasteiger partial charge in [-0.1, -0.05) is 5.10 Å². The van der Waals surface area contributed by atoms with Gasteiger partial charge < -0.3 is 15.0 Å². The fourth-order valence-corrected chi connectivity index (χ4v) is 4.97. The Hall–Kier alpha value is -1.84. The smallest absolute Gasteiger partial charge is 0.276 e. The Balaban J connectivity index is 1.62. The van der Waals surface area contributed by atoms with Crippen LogP contribution < -0.4 is 5.32 Å². The maximum Gasteiger partial charge on any atom is 0.276 e. The number of hydrogen-bond donors (Lipinski definition) is 1. The van der Waals surface area contributed by atoms with E-state index in [4.69, 9.17) is 4.74 Å². The molecule has 1 fully saturated rings. The van der Waals surface area contributed by atoms with E-state index in [-0.39, 0.29) is 6.10 Å². The van der Waals surface area contributed by atoms with Crippen LogP contribution in [0, 0.1) is 0 Å². The molecule has 2 aliphatic rings. The molecule has 0 spiro atoms. The summed E-state index contributed by atoms with van der Waals surface area (Å²) in [5.74, 6) is 1.44. The van der Waals surface area contributed by atoms with Crippen molar-refractivity contribution >= 4 is 33.1 Å². The van der Waals surface area contributed by atoms with Crippen LogP contribution in [-0.4, -0.2) is 62.8 Å². The van der Waals surface area contributed by atoms with Gasteiger partial charge in [-0.3, -0.25) is 0 Å². The second-order valence-electron chi connectivity index (χ2n) is 6.54. The maximum atomic E-state index is 5.73. The average molecular weight is 345 g/mol. The lowest BCUT2D eigenvalue weighted by Gasteiger charge is -2.22. The predicted molar refractivity (Wildman–Crippen MR) is 91.5 cm³/mol. The van der Waals surface area contributed by atoms with Crippen molar-refractivity contribution < 1.29 is 4.74 Å². The van der Waals surface area contributed by atoms with E-state index in [0.717, 1.165) is 56.2 Å². The van der Waals surface area contributed by atoms with Gasteiger partial charge in [0.25, 0.3) is 5.78 Å². The Bertz CT molecular complexity index is 898. The van der Waals surface area contributed by atoms with Crippen LogP contribution in [0.25, 0.3) is 16.0 Å². The first kappa shape index (κ1) is 14.5. The molecule has 0 radical (unpaired) electrons. The van der Waals surface area contributed by atoms with Crippen molar-refractivity contribution in [2.75, 3.05) is 32.1 Å². The zero-order valence-corrected chi connectivity index (χ0v) is 14.3. The summed E-state index contributed by atoms with van der Waals surface area (Å²) >= 11 is 1.78.